The van der Waals surface area contributed by atoms with E-state index in [4.69, 9.17) is 0 Å². The Kier molecular flexibility index (Phi) is 5.23. The summed E-state index contributed by atoms with van der Waals surface area (Å²) in [6.45, 7) is 3.02. The topological polar surface area (TPSA) is 41.1 Å². The van der Waals surface area contributed by atoms with Crippen molar-refractivity contribution >= 4 is 17.0 Å². The van der Waals surface area contributed by atoms with Crippen molar-refractivity contribution in [2.75, 3.05) is 12.3 Å². The van der Waals surface area contributed by atoms with Gasteiger partial charge in [0.2, 0.25) is 0 Å². The smallest absolute Gasteiger partial charge is 0.280 e. The number of hydrogen-bond acceptors (Lipinski definition) is 3. The minimum atomic E-state index is 0.0990. The van der Waals surface area contributed by atoms with Gasteiger partial charge in [0.25, 0.3) is 5.24 Å². The number of amides is 1. The first-order valence-corrected chi connectivity index (χ1v) is 5.98. The zero-order valence-electron chi connectivity index (χ0n) is 8.14. The van der Waals surface area contributed by atoms with Crippen LogP contribution in [0.25, 0.3) is 0 Å². The summed E-state index contributed by atoms with van der Waals surface area (Å²) < 4.78 is 0. The third-order valence-electron chi connectivity index (χ3n) is 2.13. The van der Waals surface area contributed by atoms with Gasteiger partial charge in [-0.25, -0.2) is 0 Å². The number of hydrogen-bond donors (Lipinski definition) is 2. The Bertz CT molecular complexity index is 156. The highest BCUT2D eigenvalue weighted by molar-refractivity contribution is 8.13. The fourth-order valence-corrected chi connectivity index (χ4v) is 1.95. The first kappa shape index (κ1) is 10.9. The molecule has 13 heavy (non-hydrogen) atoms. The normalized spacial score (nSPS) is 23.6. The quantitative estimate of drug-likeness (QED) is 0.719. The van der Waals surface area contributed by atoms with E-state index < -0.39 is 0 Å². The van der Waals surface area contributed by atoms with Gasteiger partial charge in [0.05, 0.1) is 6.17 Å². The van der Waals surface area contributed by atoms with E-state index in [1.807, 2.05) is 6.92 Å². The van der Waals surface area contributed by atoms with Crippen molar-refractivity contribution in [3.8, 4) is 0 Å². The van der Waals surface area contributed by atoms with Crippen LogP contribution in [0.4, 0.5) is 4.79 Å². The van der Waals surface area contributed by atoms with E-state index in [1.165, 1.54) is 31.0 Å². The lowest BCUT2D eigenvalue weighted by molar-refractivity contribution is 0.254. The van der Waals surface area contributed by atoms with E-state index in [0.717, 1.165) is 18.7 Å². The Morgan fingerprint density at radius 3 is 3.15 bits per heavy atom. The molecule has 0 aromatic rings. The molecule has 0 spiro atoms. The molecule has 1 heterocycles. The molecule has 0 saturated carbocycles. The Labute approximate surface area is 84.0 Å². The largest absolute Gasteiger partial charge is 0.332 e. The van der Waals surface area contributed by atoms with E-state index in [9.17, 15) is 4.79 Å². The minimum absolute atomic E-state index is 0.0990. The number of carbonyl (C=O) groups is 1. The van der Waals surface area contributed by atoms with Crippen molar-refractivity contribution in [1.29, 1.82) is 0 Å². The maximum atomic E-state index is 11.2. The molecule has 0 bridgehead atoms. The molecule has 1 fully saturated rings. The summed E-state index contributed by atoms with van der Waals surface area (Å²) in [6, 6.07) is 0. The second-order valence-electron chi connectivity index (χ2n) is 3.22. The van der Waals surface area contributed by atoms with E-state index >= 15 is 0 Å². The fraction of sp³-hybridized carbons (Fsp3) is 0.889. The molecule has 3 nitrogen and oxygen atoms in total. The van der Waals surface area contributed by atoms with E-state index in [1.54, 1.807) is 0 Å². The summed E-state index contributed by atoms with van der Waals surface area (Å²) in [4.78, 5) is 11.2. The van der Waals surface area contributed by atoms with Crippen LogP contribution < -0.4 is 10.6 Å². The second kappa shape index (κ2) is 6.27. The first-order valence-electron chi connectivity index (χ1n) is 4.99. The van der Waals surface area contributed by atoms with Crippen LogP contribution in [-0.2, 0) is 0 Å². The van der Waals surface area contributed by atoms with Crippen LogP contribution >= 0.6 is 11.8 Å². The molecular weight excluding hydrogens is 184 g/mol. The molecule has 0 aromatic carbocycles. The molecule has 0 aliphatic carbocycles. The van der Waals surface area contributed by atoms with Crippen LogP contribution in [0, 0.1) is 0 Å². The van der Waals surface area contributed by atoms with Gasteiger partial charge in [-0.15, -0.1) is 0 Å². The molecule has 1 aliphatic rings. The van der Waals surface area contributed by atoms with Crippen molar-refractivity contribution in [2.45, 2.75) is 38.8 Å². The average molecular weight is 202 g/mol. The summed E-state index contributed by atoms with van der Waals surface area (Å²) in [5, 5.41) is 6.40. The molecule has 1 unspecified atom stereocenters. The molecule has 2 N–H and O–H groups in total. The Morgan fingerprint density at radius 1 is 1.54 bits per heavy atom. The monoisotopic (exact) mass is 202 g/mol. The number of rotatable bonds is 2. The van der Waals surface area contributed by atoms with Gasteiger partial charge in [0.1, 0.15) is 0 Å². The maximum Gasteiger partial charge on any atom is 0.280 e. The predicted molar refractivity (Wildman–Crippen MR) is 56.9 cm³/mol. The van der Waals surface area contributed by atoms with Crippen molar-refractivity contribution in [3.63, 3.8) is 0 Å². The second-order valence-corrected chi connectivity index (χ2v) is 4.46. The molecule has 76 valence electrons. The molecule has 1 saturated heterocycles. The molecule has 1 rings (SSSR count). The van der Waals surface area contributed by atoms with Gasteiger partial charge in [0.15, 0.2) is 0 Å². The molecule has 1 amide bonds. The molecule has 1 atom stereocenters. The molecule has 0 radical (unpaired) electrons. The highest BCUT2D eigenvalue weighted by Gasteiger charge is 2.13. The lowest BCUT2D eigenvalue weighted by Gasteiger charge is -2.16. The summed E-state index contributed by atoms with van der Waals surface area (Å²) in [5.74, 6) is 0.846. The number of nitrogens with one attached hydrogen (secondary N) is 2. The predicted octanol–water partition coefficient (Wildman–Crippen LogP) is 1.94. The van der Waals surface area contributed by atoms with Crippen molar-refractivity contribution in [2.24, 2.45) is 0 Å². The average Bonchev–Trinajstić information content (AvgIpc) is 2.33. The SMILES string of the molecule is CCSC(=O)NC1CCCCCN1. The van der Waals surface area contributed by atoms with Gasteiger partial charge in [-0.05, 0) is 25.1 Å². The van der Waals surface area contributed by atoms with E-state index in [-0.39, 0.29) is 11.4 Å². The molecule has 0 aromatic heterocycles. The molecule has 4 heteroatoms. The zero-order chi connectivity index (χ0) is 9.52. The third kappa shape index (κ3) is 4.52. The summed E-state index contributed by atoms with van der Waals surface area (Å²) in [7, 11) is 0. The van der Waals surface area contributed by atoms with Crippen LogP contribution in [0.2, 0.25) is 0 Å². The molecular formula is C9H18N2OS. The van der Waals surface area contributed by atoms with Gasteiger partial charge in [-0.3, -0.25) is 10.1 Å². The van der Waals surface area contributed by atoms with E-state index in [0.29, 0.717) is 0 Å². The third-order valence-corrected chi connectivity index (χ3v) is 2.80. The first-order chi connectivity index (χ1) is 6.33. The van der Waals surface area contributed by atoms with Crippen LogP contribution in [0.3, 0.4) is 0 Å². The summed E-state index contributed by atoms with van der Waals surface area (Å²) in [5.41, 5.74) is 0. The van der Waals surface area contributed by atoms with Gasteiger partial charge >= 0.3 is 0 Å². The Morgan fingerprint density at radius 2 is 2.38 bits per heavy atom. The van der Waals surface area contributed by atoms with Gasteiger partial charge in [-0.2, -0.15) is 0 Å². The van der Waals surface area contributed by atoms with Crippen LogP contribution in [0.15, 0.2) is 0 Å². The van der Waals surface area contributed by atoms with Gasteiger partial charge in [0, 0.05) is 0 Å². The molecule has 1 aliphatic heterocycles. The van der Waals surface area contributed by atoms with Crippen molar-refractivity contribution in [1.82, 2.24) is 10.6 Å². The van der Waals surface area contributed by atoms with Crippen molar-refractivity contribution in [3.05, 3.63) is 0 Å². The Hall–Kier alpha value is -0.220. The van der Waals surface area contributed by atoms with Crippen LogP contribution in [0.5, 0.6) is 0 Å². The highest BCUT2D eigenvalue weighted by Crippen LogP contribution is 2.08. The van der Waals surface area contributed by atoms with Gasteiger partial charge in [-0.1, -0.05) is 31.5 Å². The van der Waals surface area contributed by atoms with Crippen LogP contribution in [0.1, 0.15) is 32.6 Å². The summed E-state index contributed by atoms with van der Waals surface area (Å²) >= 11 is 1.34. The van der Waals surface area contributed by atoms with Gasteiger partial charge < -0.3 is 5.32 Å². The maximum absolute atomic E-state index is 11.2. The van der Waals surface area contributed by atoms with Crippen molar-refractivity contribution < 1.29 is 4.79 Å². The zero-order valence-corrected chi connectivity index (χ0v) is 8.95. The Balaban J connectivity index is 2.21. The standard InChI is InChI=1S/C9H18N2OS/c1-2-13-9(12)11-8-6-4-3-5-7-10-8/h8,10H,2-7H2,1H3,(H,11,12). The van der Waals surface area contributed by atoms with E-state index in [2.05, 4.69) is 10.6 Å². The number of thioether (sulfide) groups is 1. The number of carbonyl (C=O) groups excluding carboxylic acids is 1. The van der Waals surface area contributed by atoms with Crippen LogP contribution in [-0.4, -0.2) is 23.7 Å². The fourth-order valence-electron chi connectivity index (χ4n) is 1.47. The lowest BCUT2D eigenvalue weighted by atomic mass is 10.2. The highest BCUT2D eigenvalue weighted by atomic mass is 32.2. The summed E-state index contributed by atoms with van der Waals surface area (Å²) in [6.07, 6.45) is 4.99. The lowest BCUT2D eigenvalue weighted by Crippen LogP contribution is -2.43. The minimum Gasteiger partial charge on any atom is -0.332 e.